The summed E-state index contributed by atoms with van der Waals surface area (Å²) < 4.78 is 1.81. The summed E-state index contributed by atoms with van der Waals surface area (Å²) in [5.74, 6) is 0. The normalized spacial score (nSPS) is 7.80. The molecule has 15 heavy (non-hydrogen) atoms. The van der Waals surface area contributed by atoms with Crippen molar-refractivity contribution >= 4 is 5.52 Å². The summed E-state index contributed by atoms with van der Waals surface area (Å²) in [5.41, 5.74) is 2.06. The molecule has 0 aliphatic heterocycles. The molecule has 0 aliphatic rings. The van der Waals surface area contributed by atoms with E-state index in [1.54, 1.807) is 12.4 Å². The average molecular weight is 211 g/mol. The van der Waals surface area contributed by atoms with Crippen molar-refractivity contribution in [3.05, 3.63) is 30.4 Å². The number of fused-ring (bicyclic) bond motifs is 1. The SMILES string of the molecule is CC.CC.Cc1cc2cnccn2n1.O. The second kappa shape index (κ2) is 9.15. The molecule has 2 aromatic heterocycles. The maximum Gasteiger partial charge on any atom is 0.0847 e. The first-order valence-electron chi connectivity index (χ1n) is 5.12. The van der Waals surface area contributed by atoms with Crippen molar-refractivity contribution in [1.29, 1.82) is 0 Å². The molecule has 0 aliphatic carbocycles. The lowest BCUT2D eigenvalue weighted by Gasteiger charge is -1.86. The molecule has 4 heteroatoms. The van der Waals surface area contributed by atoms with Crippen molar-refractivity contribution in [3.8, 4) is 0 Å². The summed E-state index contributed by atoms with van der Waals surface area (Å²) in [6, 6.07) is 1.99. The van der Waals surface area contributed by atoms with E-state index in [0.29, 0.717) is 0 Å². The number of hydrogen-bond donors (Lipinski definition) is 0. The van der Waals surface area contributed by atoms with Gasteiger partial charge in [-0.05, 0) is 13.0 Å². The lowest BCUT2D eigenvalue weighted by molar-refractivity contribution is 0.824. The highest BCUT2D eigenvalue weighted by molar-refractivity contribution is 5.44. The molecule has 2 rings (SSSR count). The number of aryl methyl sites for hydroxylation is 1. The van der Waals surface area contributed by atoms with Crippen LogP contribution in [-0.2, 0) is 0 Å². The monoisotopic (exact) mass is 211 g/mol. The summed E-state index contributed by atoms with van der Waals surface area (Å²) in [6.07, 6.45) is 5.35. The zero-order valence-electron chi connectivity index (χ0n) is 10.2. The van der Waals surface area contributed by atoms with Gasteiger partial charge in [0.1, 0.15) is 0 Å². The van der Waals surface area contributed by atoms with Crippen molar-refractivity contribution in [2.75, 3.05) is 0 Å². The van der Waals surface area contributed by atoms with Crippen LogP contribution in [0, 0.1) is 6.92 Å². The molecule has 2 heterocycles. The van der Waals surface area contributed by atoms with E-state index in [4.69, 9.17) is 0 Å². The summed E-state index contributed by atoms with van der Waals surface area (Å²) in [6.45, 7) is 9.97. The lowest BCUT2D eigenvalue weighted by atomic mass is 10.4. The minimum Gasteiger partial charge on any atom is -0.412 e. The predicted octanol–water partition coefficient (Wildman–Crippen LogP) is 2.27. The molecular weight excluding hydrogens is 190 g/mol. The molecular formula is C11H21N3O. The van der Waals surface area contributed by atoms with Crippen LogP contribution in [0.5, 0.6) is 0 Å². The van der Waals surface area contributed by atoms with E-state index in [2.05, 4.69) is 10.1 Å². The van der Waals surface area contributed by atoms with Crippen LogP contribution in [-0.4, -0.2) is 20.1 Å². The van der Waals surface area contributed by atoms with E-state index in [0.717, 1.165) is 11.2 Å². The van der Waals surface area contributed by atoms with Gasteiger partial charge in [-0.1, -0.05) is 27.7 Å². The van der Waals surface area contributed by atoms with Crippen molar-refractivity contribution < 1.29 is 5.48 Å². The van der Waals surface area contributed by atoms with Crippen molar-refractivity contribution in [1.82, 2.24) is 14.6 Å². The summed E-state index contributed by atoms with van der Waals surface area (Å²) >= 11 is 0. The predicted molar refractivity (Wildman–Crippen MR) is 64.0 cm³/mol. The van der Waals surface area contributed by atoms with Crippen LogP contribution in [0.15, 0.2) is 24.7 Å². The Labute approximate surface area is 91.3 Å². The van der Waals surface area contributed by atoms with Gasteiger partial charge in [0, 0.05) is 12.4 Å². The van der Waals surface area contributed by atoms with E-state index in [1.165, 1.54) is 0 Å². The van der Waals surface area contributed by atoms with Crippen LogP contribution in [0.2, 0.25) is 0 Å². The Balaban J connectivity index is 0. The molecule has 0 radical (unpaired) electrons. The van der Waals surface area contributed by atoms with Crippen LogP contribution in [0.4, 0.5) is 0 Å². The molecule has 0 fully saturated rings. The zero-order valence-corrected chi connectivity index (χ0v) is 10.2. The van der Waals surface area contributed by atoms with E-state index < -0.39 is 0 Å². The lowest BCUT2D eigenvalue weighted by Crippen LogP contribution is -1.85. The maximum absolute atomic E-state index is 4.19. The Morgan fingerprint density at radius 3 is 2.27 bits per heavy atom. The first-order valence-corrected chi connectivity index (χ1v) is 5.12. The third-order valence-electron chi connectivity index (χ3n) is 1.39. The van der Waals surface area contributed by atoms with Gasteiger partial charge in [-0.15, -0.1) is 0 Å². The standard InChI is InChI=1S/C7H7N3.2C2H6.H2O/c1-6-4-7-5-8-2-3-10(7)9-6;2*1-2;/h2-5H,1H3;2*1-2H3;1H2. The van der Waals surface area contributed by atoms with Crippen molar-refractivity contribution in [3.63, 3.8) is 0 Å². The molecule has 0 aromatic carbocycles. The zero-order chi connectivity index (χ0) is 11.0. The first kappa shape index (κ1) is 16.0. The average Bonchev–Trinajstić information content (AvgIpc) is 2.64. The second-order valence-electron chi connectivity index (χ2n) is 2.23. The highest BCUT2D eigenvalue weighted by atomic mass is 16.0. The Hall–Kier alpha value is -1.42. The number of nitrogens with zero attached hydrogens (tertiary/aromatic N) is 3. The highest BCUT2D eigenvalue weighted by Gasteiger charge is 1.92. The van der Waals surface area contributed by atoms with Gasteiger partial charge in [0.25, 0.3) is 0 Å². The minimum atomic E-state index is 0. The Kier molecular flexibility index (Phi) is 9.77. The van der Waals surface area contributed by atoms with Gasteiger partial charge in [0.2, 0.25) is 0 Å². The maximum atomic E-state index is 4.19. The van der Waals surface area contributed by atoms with Gasteiger partial charge < -0.3 is 5.48 Å². The summed E-state index contributed by atoms with van der Waals surface area (Å²) in [7, 11) is 0. The molecule has 0 atom stereocenters. The van der Waals surface area contributed by atoms with Gasteiger partial charge in [-0.2, -0.15) is 5.10 Å². The van der Waals surface area contributed by atoms with Gasteiger partial charge >= 0.3 is 0 Å². The summed E-state index contributed by atoms with van der Waals surface area (Å²) in [5, 5.41) is 4.19. The van der Waals surface area contributed by atoms with E-state index in [-0.39, 0.29) is 5.48 Å². The minimum absolute atomic E-state index is 0. The molecule has 0 saturated heterocycles. The number of aromatic nitrogens is 3. The molecule has 86 valence electrons. The Morgan fingerprint density at radius 2 is 1.73 bits per heavy atom. The van der Waals surface area contributed by atoms with Gasteiger partial charge in [0.05, 0.1) is 17.4 Å². The third kappa shape index (κ3) is 4.56. The van der Waals surface area contributed by atoms with Gasteiger partial charge in [-0.3, -0.25) is 4.98 Å². The van der Waals surface area contributed by atoms with Crippen LogP contribution in [0.3, 0.4) is 0 Å². The smallest absolute Gasteiger partial charge is 0.0847 e. The van der Waals surface area contributed by atoms with E-state index >= 15 is 0 Å². The van der Waals surface area contributed by atoms with Crippen molar-refractivity contribution in [2.45, 2.75) is 34.6 Å². The topological polar surface area (TPSA) is 61.7 Å². The Morgan fingerprint density at radius 1 is 1.13 bits per heavy atom. The quantitative estimate of drug-likeness (QED) is 0.671. The molecule has 0 spiro atoms. The highest BCUT2D eigenvalue weighted by Crippen LogP contribution is 2.01. The third-order valence-corrected chi connectivity index (χ3v) is 1.39. The molecule has 2 aromatic rings. The first-order chi connectivity index (χ1) is 6.86. The van der Waals surface area contributed by atoms with Crippen LogP contribution in [0.1, 0.15) is 33.4 Å². The number of rotatable bonds is 0. The van der Waals surface area contributed by atoms with E-state index in [1.807, 2.05) is 51.4 Å². The largest absolute Gasteiger partial charge is 0.412 e. The van der Waals surface area contributed by atoms with Crippen LogP contribution in [0.25, 0.3) is 5.52 Å². The van der Waals surface area contributed by atoms with Gasteiger partial charge in [-0.25, -0.2) is 4.52 Å². The summed E-state index contributed by atoms with van der Waals surface area (Å²) in [4.78, 5) is 3.97. The fourth-order valence-corrected chi connectivity index (χ4v) is 0.974. The van der Waals surface area contributed by atoms with E-state index in [9.17, 15) is 0 Å². The molecule has 0 saturated carbocycles. The molecule has 0 unspecified atom stereocenters. The Bertz CT molecular complexity index is 324. The molecule has 2 N–H and O–H groups in total. The molecule has 0 amide bonds. The molecule has 4 nitrogen and oxygen atoms in total. The number of hydrogen-bond acceptors (Lipinski definition) is 2. The van der Waals surface area contributed by atoms with Gasteiger partial charge in [0.15, 0.2) is 0 Å². The van der Waals surface area contributed by atoms with Crippen LogP contribution < -0.4 is 0 Å². The van der Waals surface area contributed by atoms with Crippen LogP contribution >= 0.6 is 0 Å². The second-order valence-corrected chi connectivity index (χ2v) is 2.23. The fourth-order valence-electron chi connectivity index (χ4n) is 0.974. The van der Waals surface area contributed by atoms with Crippen molar-refractivity contribution in [2.24, 2.45) is 0 Å². The fraction of sp³-hybridized carbons (Fsp3) is 0.455. The molecule has 0 bridgehead atoms.